The zero-order chi connectivity index (χ0) is 23.8. The lowest BCUT2D eigenvalue weighted by Gasteiger charge is -2.37. The Morgan fingerprint density at radius 3 is 2.53 bits per heavy atom. The normalized spacial score (nSPS) is 15.8. The minimum atomic E-state index is -0.438. The summed E-state index contributed by atoms with van der Waals surface area (Å²) in [5.41, 5.74) is 2.47. The van der Waals surface area contributed by atoms with Gasteiger partial charge >= 0.3 is 0 Å². The van der Waals surface area contributed by atoms with Gasteiger partial charge in [-0.2, -0.15) is 4.98 Å². The summed E-state index contributed by atoms with van der Waals surface area (Å²) in [5, 5.41) is 14.2. The first-order valence-corrected chi connectivity index (χ1v) is 11.4. The number of aromatic nitrogens is 3. The van der Waals surface area contributed by atoms with Gasteiger partial charge in [0.1, 0.15) is 13.3 Å². The Labute approximate surface area is 205 Å². The highest BCUT2D eigenvalue weighted by atomic mass is 35.5. The Bertz CT molecular complexity index is 1400. The second kappa shape index (κ2) is 9.23. The van der Waals surface area contributed by atoms with E-state index in [4.69, 9.17) is 28.0 Å². The van der Waals surface area contributed by atoms with Gasteiger partial charge in [0.25, 0.3) is 5.56 Å². The second-order valence-corrected chi connectivity index (χ2v) is 8.79. The summed E-state index contributed by atoms with van der Waals surface area (Å²) in [6.45, 7) is 1.60. The van der Waals surface area contributed by atoms with Crippen LogP contribution in [0.1, 0.15) is 12.0 Å². The Balaban J connectivity index is 1.46. The third-order valence-electron chi connectivity index (χ3n) is 5.81. The van der Waals surface area contributed by atoms with Gasteiger partial charge in [0.2, 0.25) is 5.95 Å². The predicted octanol–water partition coefficient (Wildman–Crippen LogP) is 4.09. The number of likely N-dealkylation sites (tertiary alicyclic amines) is 1. The van der Waals surface area contributed by atoms with Gasteiger partial charge in [-0.05, 0) is 42.3 Å². The molecule has 2 N–H and O–H groups in total. The summed E-state index contributed by atoms with van der Waals surface area (Å²) < 4.78 is 1.10. The number of aliphatic hydroxyl groups excluding tert-OH is 1. The Kier molecular flexibility index (Phi) is 6.14. The minimum absolute atomic E-state index is 0.289. The van der Waals surface area contributed by atoms with Gasteiger partial charge in [-0.3, -0.25) is 9.69 Å². The summed E-state index contributed by atoms with van der Waals surface area (Å²) in [6, 6.07) is 14.5. The molecule has 0 amide bonds. The maximum absolute atomic E-state index is 13.2. The molecule has 0 radical (unpaired) electrons. The highest BCUT2D eigenvalue weighted by Crippen LogP contribution is 2.33. The van der Waals surface area contributed by atoms with Gasteiger partial charge < -0.3 is 15.3 Å². The lowest BCUT2D eigenvalue weighted by molar-refractivity contribution is -0.0793. The van der Waals surface area contributed by atoms with E-state index in [1.807, 2.05) is 29.2 Å². The van der Waals surface area contributed by atoms with Crippen LogP contribution in [0.2, 0.25) is 10.0 Å². The van der Waals surface area contributed by atoms with E-state index in [2.05, 4.69) is 15.3 Å². The van der Waals surface area contributed by atoms with Gasteiger partial charge in [0.15, 0.2) is 5.65 Å². The monoisotopic (exact) mass is 497 g/mol. The number of aliphatic hydroxyl groups is 1. The van der Waals surface area contributed by atoms with Crippen LogP contribution in [-0.4, -0.2) is 44.6 Å². The fraction of sp³-hybridized carbons (Fsp3) is 0.208. The molecule has 0 saturated carbocycles. The van der Waals surface area contributed by atoms with Crippen molar-refractivity contribution in [2.24, 2.45) is 0 Å². The van der Waals surface area contributed by atoms with Crippen LogP contribution < -0.4 is 15.7 Å². The fourth-order valence-corrected chi connectivity index (χ4v) is 4.50. The van der Waals surface area contributed by atoms with E-state index in [1.54, 1.807) is 30.5 Å². The lowest BCUT2D eigenvalue weighted by Crippen LogP contribution is -2.46. The molecule has 0 bridgehead atoms. The molecular formula is C24H21Cl2N5O3. The molecule has 1 aliphatic heterocycles. The fourth-order valence-electron chi connectivity index (χ4n) is 3.90. The molecule has 5 rings (SSSR count). The van der Waals surface area contributed by atoms with Crippen LogP contribution in [0.15, 0.2) is 59.5 Å². The van der Waals surface area contributed by atoms with E-state index in [1.165, 1.54) is 7.11 Å². The molecule has 1 unspecified atom stereocenters. The van der Waals surface area contributed by atoms with Crippen LogP contribution in [0.25, 0.3) is 22.2 Å². The number of benzene rings is 2. The summed E-state index contributed by atoms with van der Waals surface area (Å²) in [6.07, 6.45) is 2.07. The van der Waals surface area contributed by atoms with E-state index in [-0.39, 0.29) is 11.8 Å². The van der Waals surface area contributed by atoms with Crippen molar-refractivity contribution in [1.82, 2.24) is 19.6 Å². The zero-order valence-electron chi connectivity index (χ0n) is 18.2. The Hall–Kier alpha value is -3.17. The number of rotatable bonds is 6. The quantitative estimate of drug-likeness (QED) is 0.414. The number of hydrogen-bond donors (Lipinski definition) is 2. The molecule has 174 valence electrons. The number of hydrogen-bond acceptors (Lipinski definition) is 7. The van der Waals surface area contributed by atoms with Crippen molar-refractivity contribution in [1.29, 1.82) is 0 Å². The van der Waals surface area contributed by atoms with Crippen molar-refractivity contribution in [2.75, 3.05) is 19.0 Å². The molecule has 1 saturated heterocycles. The molecule has 34 heavy (non-hydrogen) atoms. The number of nitrogens with one attached hydrogen (secondary N) is 1. The van der Waals surface area contributed by atoms with Crippen molar-refractivity contribution >= 4 is 45.9 Å². The van der Waals surface area contributed by atoms with Crippen LogP contribution in [0.3, 0.4) is 0 Å². The average molecular weight is 498 g/mol. The van der Waals surface area contributed by atoms with Crippen LogP contribution in [-0.2, 0) is 6.54 Å². The molecule has 0 aliphatic carbocycles. The smallest absolute Gasteiger partial charge is 0.293 e. The van der Waals surface area contributed by atoms with Crippen LogP contribution in [0.4, 0.5) is 11.6 Å². The number of nitrogens with zero attached hydrogens (tertiary/aromatic N) is 4. The summed E-state index contributed by atoms with van der Waals surface area (Å²) in [5.74, 6) is 0.312. The molecule has 4 aromatic rings. The molecule has 10 heteroatoms. The van der Waals surface area contributed by atoms with Crippen molar-refractivity contribution in [3.8, 4) is 11.1 Å². The van der Waals surface area contributed by atoms with Gasteiger partial charge in [0.05, 0.1) is 15.6 Å². The van der Waals surface area contributed by atoms with Crippen LogP contribution in [0, 0.1) is 0 Å². The van der Waals surface area contributed by atoms with Crippen molar-refractivity contribution in [2.45, 2.75) is 19.2 Å². The van der Waals surface area contributed by atoms with Crippen LogP contribution in [0.5, 0.6) is 0 Å². The average Bonchev–Trinajstić information content (AvgIpc) is 2.83. The third-order valence-corrected chi connectivity index (χ3v) is 6.44. The number of anilines is 2. The molecule has 1 aliphatic rings. The molecule has 2 aromatic heterocycles. The Morgan fingerprint density at radius 2 is 1.91 bits per heavy atom. The van der Waals surface area contributed by atoms with Gasteiger partial charge in [-0.1, -0.05) is 41.4 Å². The van der Waals surface area contributed by atoms with Crippen molar-refractivity contribution in [3.63, 3.8) is 0 Å². The first-order chi connectivity index (χ1) is 16.4. The SMILES string of the molecule is COn1c(=O)c(-c2c(Cl)cccc2Cl)cc2cnc(Nc3ccc(CN4CCC4O)cc3)nc21. The molecule has 8 nitrogen and oxygen atoms in total. The molecule has 1 atom stereocenters. The molecule has 0 spiro atoms. The third kappa shape index (κ3) is 4.21. The van der Waals surface area contributed by atoms with Crippen molar-refractivity contribution < 1.29 is 9.94 Å². The maximum atomic E-state index is 13.2. The first kappa shape index (κ1) is 22.6. The number of fused-ring (bicyclic) bond motifs is 1. The number of pyridine rings is 1. The zero-order valence-corrected chi connectivity index (χ0v) is 19.7. The first-order valence-electron chi connectivity index (χ1n) is 10.6. The van der Waals surface area contributed by atoms with E-state index >= 15 is 0 Å². The molecule has 1 fully saturated rings. The standard InChI is InChI=1S/C24H21Cl2N5O3/c1-34-31-22-15(11-17(23(31)33)21-18(25)3-2-4-19(21)26)12-27-24(29-22)28-16-7-5-14(6-8-16)13-30-10-9-20(30)32/h2-8,11-12,20,32H,9-10,13H2,1H3,(H,27,28,29). The van der Waals surface area contributed by atoms with Gasteiger partial charge in [0, 0.05) is 35.9 Å². The molecule has 3 heterocycles. The highest BCUT2D eigenvalue weighted by Gasteiger charge is 2.25. The predicted molar refractivity (Wildman–Crippen MR) is 133 cm³/mol. The van der Waals surface area contributed by atoms with Crippen molar-refractivity contribution in [3.05, 3.63) is 80.7 Å². The van der Waals surface area contributed by atoms with E-state index in [0.717, 1.165) is 28.9 Å². The number of halogens is 2. The van der Waals surface area contributed by atoms with E-state index in [0.29, 0.717) is 39.1 Å². The maximum Gasteiger partial charge on any atom is 0.293 e. The summed E-state index contributed by atoms with van der Waals surface area (Å²) in [7, 11) is 1.39. The largest absolute Gasteiger partial charge is 0.412 e. The topological polar surface area (TPSA) is 92.5 Å². The summed E-state index contributed by atoms with van der Waals surface area (Å²) >= 11 is 12.7. The lowest BCUT2D eigenvalue weighted by atomic mass is 10.1. The van der Waals surface area contributed by atoms with E-state index < -0.39 is 5.56 Å². The Morgan fingerprint density at radius 1 is 1.18 bits per heavy atom. The molecule has 2 aromatic carbocycles. The van der Waals surface area contributed by atoms with Gasteiger partial charge in [-0.15, -0.1) is 4.73 Å². The van der Waals surface area contributed by atoms with Gasteiger partial charge in [-0.25, -0.2) is 4.98 Å². The molecular weight excluding hydrogens is 477 g/mol. The van der Waals surface area contributed by atoms with E-state index in [9.17, 15) is 9.90 Å². The second-order valence-electron chi connectivity index (χ2n) is 7.97. The van der Waals surface area contributed by atoms with Crippen LogP contribution >= 0.6 is 23.2 Å². The minimum Gasteiger partial charge on any atom is -0.412 e. The highest BCUT2D eigenvalue weighted by molar-refractivity contribution is 6.39. The summed E-state index contributed by atoms with van der Waals surface area (Å²) in [4.78, 5) is 29.4.